The van der Waals surface area contributed by atoms with Crippen LogP contribution in [0.3, 0.4) is 0 Å². The maximum atomic E-state index is 11.4. The highest BCUT2D eigenvalue weighted by Crippen LogP contribution is 2.10. The molecular formula is C18H34O2. The summed E-state index contributed by atoms with van der Waals surface area (Å²) >= 11 is 0. The van der Waals surface area contributed by atoms with E-state index in [1.807, 2.05) is 13.8 Å². The SMILES string of the molecule is CC.O=C1CCCCC/C=C\CCCCCCCCO1. The number of carbonyl (C=O) groups excluding carboxylic acids is 1. The van der Waals surface area contributed by atoms with Crippen LogP contribution in [0.1, 0.15) is 90.9 Å². The summed E-state index contributed by atoms with van der Waals surface area (Å²) in [7, 11) is 0. The Morgan fingerprint density at radius 1 is 0.750 bits per heavy atom. The van der Waals surface area contributed by atoms with Crippen molar-refractivity contribution in [2.75, 3.05) is 6.61 Å². The van der Waals surface area contributed by atoms with Crippen LogP contribution in [0.25, 0.3) is 0 Å². The highest BCUT2D eigenvalue weighted by molar-refractivity contribution is 5.69. The molecule has 0 fully saturated rings. The van der Waals surface area contributed by atoms with Crippen molar-refractivity contribution in [2.45, 2.75) is 90.9 Å². The smallest absolute Gasteiger partial charge is 0.305 e. The van der Waals surface area contributed by atoms with Gasteiger partial charge in [0, 0.05) is 6.42 Å². The lowest BCUT2D eigenvalue weighted by Crippen LogP contribution is -2.05. The first kappa shape index (κ1) is 19.2. The van der Waals surface area contributed by atoms with Gasteiger partial charge in [0.2, 0.25) is 0 Å². The van der Waals surface area contributed by atoms with E-state index in [-0.39, 0.29) is 5.97 Å². The Morgan fingerprint density at radius 3 is 1.90 bits per heavy atom. The summed E-state index contributed by atoms with van der Waals surface area (Å²) in [5, 5.41) is 0. The molecule has 1 aliphatic rings. The molecule has 0 unspecified atom stereocenters. The first-order valence-corrected chi connectivity index (χ1v) is 8.70. The molecule has 0 atom stereocenters. The summed E-state index contributed by atoms with van der Waals surface area (Å²) < 4.78 is 5.21. The van der Waals surface area contributed by atoms with Gasteiger partial charge in [-0.15, -0.1) is 0 Å². The summed E-state index contributed by atoms with van der Waals surface area (Å²) in [6, 6.07) is 0. The number of esters is 1. The first-order chi connectivity index (χ1) is 9.89. The van der Waals surface area contributed by atoms with Crippen LogP contribution in [-0.2, 0) is 9.53 Å². The van der Waals surface area contributed by atoms with Gasteiger partial charge < -0.3 is 4.74 Å². The summed E-state index contributed by atoms with van der Waals surface area (Å²) in [5.74, 6) is -0.00476. The summed E-state index contributed by atoms with van der Waals surface area (Å²) in [6.07, 6.45) is 18.4. The van der Waals surface area contributed by atoms with Gasteiger partial charge in [-0.05, 0) is 38.5 Å². The van der Waals surface area contributed by atoms with E-state index in [0.29, 0.717) is 13.0 Å². The van der Waals surface area contributed by atoms with Crippen LogP contribution in [0, 0.1) is 0 Å². The van der Waals surface area contributed by atoms with Crippen LogP contribution in [0.5, 0.6) is 0 Å². The third-order valence-electron chi connectivity index (χ3n) is 3.45. The average Bonchev–Trinajstić information content (AvgIpc) is 2.48. The molecule has 2 nitrogen and oxygen atoms in total. The highest BCUT2D eigenvalue weighted by atomic mass is 16.5. The second-order valence-electron chi connectivity index (χ2n) is 5.20. The van der Waals surface area contributed by atoms with E-state index in [9.17, 15) is 4.79 Å². The normalized spacial score (nSPS) is 21.8. The second-order valence-corrected chi connectivity index (χ2v) is 5.20. The maximum absolute atomic E-state index is 11.4. The minimum Gasteiger partial charge on any atom is -0.466 e. The van der Waals surface area contributed by atoms with Crippen LogP contribution >= 0.6 is 0 Å². The lowest BCUT2D eigenvalue weighted by molar-refractivity contribution is -0.143. The molecule has 0 aromatic rings. The molecule has 2 heteroatoms. The van der Waals surface area contributed by atoms with E-state index in [1.165, 1.54) is 44.9 Å². The predicted octanol–water partition coefficient (Wildman–Crippen LogP) is 5.81. The topological polar surface area (TPSA) is 26.3 Å². The highest BCUT2D eigenvalue weighted by Gasteiger charge is 2.02. The largest absolute Gasteiger partial charge is 0.466 e. The zero-order chi connectivity index (χ0) is 14.9. The molecule has 1 aliphatic heterocycles. The van der Waals surface area contributed by atoms with E-state index in [0.717, 1.165) is 25.7 Å². The van der Waals surface area contributed by atoms with Crippen molar-refractivity contribution in [3.05, 3.63) is 12.2 Å². The fourth-order valence-electron chi connectivity index (χ4n) is 2.27. The van der Waals surface area contributed by atoms with Gasteiger partial charge >= 0.3 is 5.97 Å². The van der Waals surface area contributed by atoms with Crippen LogP contribution in [0.4, 0.5) is 0 Å². The van der Waals surface area contributed by atoms with Gasteiger partial charge in [0.25, 0.3) is 0 Å². The van der Waals surface area contributed by atoms with E-state index in [1.54, 1.807) is 0 Å². The third-order valence-corrected chi connectivity index (χ3v) is 3.45. The van der Waals surface area contributed by atoms with Gasteiger partial charge in [0.15, 0.2) is 0 Å². The Labute approximate surface area is 126 Å². The van der Waals surface area contributed by atoms with Gasteiger partial charge in [-0.1, -0.05) is 58.1 Å². The Bertz CT molecular complexity index is 234. The number of hydrogen-bond acceptors (Lipinski definition) is 2. The molecule has 1 rings (SSSR count). The number of hydrogen-bond donors (Lipinski definition) is 0. The molecule has 0 aromatic heterocycles. The molecule has 20 heavy (non-hydrogen) atoms. The molecule has 1 heterocycles. The average molecular weight is 282 g/mol. The van der Waals surface area contributed by atoms with Crippen LogP contribution in [0.2, 0.25) is 0 Å². The lowest BCUT2D eigenvalue weighted by Gasteiger charge is -2.04. The van der Waals surface area contributed by atoms with Crippen LogP contribution in [-0.4, -0.2) is 12.6 Å². The fraction of sp³-hybridized carbons (Fsp3) is 0.833. The van der Waals surface area contributed by atoms with Crippen LogP contribution in [0.15, 0.2) is 12.2 Å². The van der Waals surface area contributed by atoms with Gasteiger partial charge in [0.05, 0.1) is 6.61 Å². The van der Waals surface area contributed by atoms with Crippen molar-refractivity contribution in [1.29, 1.82) is 0 Å². The van der Waals surface area contributed by atoms with E-state index >= 15 is 0 Å². The Morgan fingerprint density at radius 2 is 1.25 bits per heavy atom. The third kappa shape index (κ3) is 13.6. The molecule has 0 spiro atoms. The van der Waals surface area contributed by atoms with Crippen molar-refractivity contribution < 1.29 is 9.53 Å². The molecule has 0 amide bonds. The van der Waals surface area contributed by atoms with E-state index in [4.69, 9.17) is 4.74 Å². The maximum Gasteiger partial charge on any atom is 0.305 e. The number of ether oxygens (including phenoxy) is 1. The number of cyclic esters (lactones) is 1. The summed E-state index contributed by atoms with van der Waals surface area (Å²) in [6.45, 7) is 4.63. The Hall–Kier alpha value is -0.790. The molecule has 0 aromatic carbocycles. The van der Waals surface area contributed by atoms with Crippen molar-refractivity contribution in [3.8, 4) is 0 Å². The first-order valence-electron chi connectivity index (χ1n) is 8.70. The second kappa shape index (κ2) is 16.3. The number of allylic oxidation sites excluding steroid dienone is 2. The molecule has 0 aliphatic carbocycles. The zero-order valence-electron chi connectivity index (χ0n) is 13.7. The van der Waals surface area contributed by atoms with E-state index in [2.05, 4.69) is 12.2 Å². The van der Waals surface area contributed by atoms with Gasteiger partial charge in [-0.2, -0.15) is 0 Å². The Balaban J connectivity index is 0.00000172. The minimum absolute atomic E-state index is 0.00476. The van der Waals surface area contributed by atoms with Crippen molar-refractivity contribution in [3.63, 3.8) is 0 Å². The van der Waals surface area contributed by atoms with Crippen molar-refractivity contribution in [1.82, 2.24) is 0 Å². The standard InChI is InChI=1S/C16H28O2.C2H6/c17-16-14-12-10-8-6-4-2-1-3-5-7-9-11-13-15-18-16;1-2/h2,4H,1,3,5-15H2;1-2H3/b4-2-;. The molecule has 0 bridgehead atoms. The Kier molecular flexibility index (Phi) is 15.6. The molecule has 0 radical (unpaired) electrons. The van der Waals surface area contributed by atoms with Gasteiger partial charge in [-0.3, -0.25) is 4.79 Å². The van der Waals surface area contributed by atoms with Gasteiger partial charge in [-0.25, -0.2) is 0 Å². The molecular weight excluding hydrogens is 248 g/mol. The summed E-state index contributed by atoms with van der Waals surface area (Å²) in [5.41, 5.74) is 0. The molecule has 0 saturated heterocycles. The lowest BCUT2D eigenvalue weighted by atomic mass is 10.1. The number of rotatable bonds is 0. The fourth-order valence-corrected chi connectivity index (χ4v) is 2.27. The van der Waals surface area contributed by atoms with E-state index < -0.39 is 0 Å². The van der Waals surface area contributed by atoms with Crippen molar-refractivity contribution >= 4 is 5.97 Å². The summed E-state index contributed by atoms with van der Waals surface area (Å²) in [4.78, 5) is 11.4. The monoisotopic (exact) mass is 282 g/mol. The van der Waals surface area contributed by atoms with Gasteiger partial charge in [0.1, 0.15) is 0 Å². The molecule has 118 valence electrons. The zero-order valence-corrected chi connectivity index (χ0v) is 13.7. The van der Waals surface area contributed by atoms with Crippen LogP contribution < -0.4 is 0 Å². The predicted molar refractivity (Wildman–Crippen MR) is 86.9 cm³/mol. The number of carbonyl (C=O) groups is 1. The molecule has 0 N–H and O–H groups in total. The minimum atomic E-state index is -0.00476. The molecule has 0 saturated carbocycles. The van der Waals surface area contributed by atoms with Crippen molar-refractivity contribution in [2.24, 2.45) is 0 Å². The quantitative estimate of drug-likeness (QED) is 0.414.